The van der Waals surface area contributed by atoms with E-state index in [1.165, 1.54) is 11.1 Å². The third kappa shape index (κ3) is 3.06. The Morgan fingerprint density at radius 3 is 1.96 bits per heavy atom. The summed E-state index contributed by atoms with van der Waals surface area (Å²) in [6.07, 6.45) is 1.94. The summed E-state index contributed by atoms with van der Waals surface area (Å²) >= 11 is 3.75. The zero-order valence-electron chi connectivity index (χ0n) is 15.2. The van der Waals surface area contributed by atoms with Gasteiger partial charge in [0, 0.05) is 5.56 Å². The minimum Gasteiger partial charge on any atom is -0.493 e. The Balaban J connectivity index is 2.34. The second-order valence-corrected chi connectivity index (χ2v) is 7.13. The summed E-state index contributed by atoms with van der Waals surface area (Å²) in [6.45, 7) is 2.26. The van der Waals surface area contributed by atoms with E-state index in [0.717, 1.165) is 45.7 Å². The average molecular weight is 407 g/mol. The van der Waals surface area contributed by atoms with Crippen LogP contribution in [0.25, 0.3) is 11.1 Å². The highest BCUT2D eigenvalue weighted by molar-refractivity contribution is 9.10. The van der Waals surface area contributed by atoms with Gasteiger partial charge in [-0.05, 0) is 69.6 Å². The van der Waals surface area contributed by atoms with Gasteiger partial charge in [-0.1, -0.05) is 6.92 Å². The molecule has 1 aliphatic rings. The molecule has 0 fully saturated rings. The van der Waals surface area contributed by atoms with E-state index in [0.29, 0.717) is 11.7 Å². The van der Waals surface area contributed by atoms with Gasteiger partial charge in [0.25, 0.3) is 0 Å². The van der Waals surface area contributed by atoms with Gasteiger partial charge in [0.05, 0.1) is 32.9 Å². The molecule has 2 aromatic rings. The summed E-state index contributed by atoms with van der Waals surface area (Å²) in [5.41, 5.74) is 4.77. The molecule has 25 heavy (non-hydrogen) atoms. The molecule has 0 aromatic heterocycles. The van der Waals surface area contributed by atoms with Crippen LogP contribution in [0.4, 0.5) is 0 Å². The normalized spacial score (nSPS) is 15.7. The van der Waals surface area contributed by atoms with Crippen molar-refractivity contribution in [1.82, 2.24) is 0 Å². The number of methoxy groups -OCH3 is 4. The fraction of sp³-hybridized carbons (Fsp3) is 0.400. The molecule has 0 aliphatic heterocycles. The van der Waals surface area contributed by atoms with Gasteiger partial charge >= 0.3 is 0 Å². The summed E-state index contributed by atoms with van der Waals surface area (Å²) in [6, 6.07) is 6.23. The zero-order chi connectivity index (χ0) is 18.1. The van der Waals surface area contributed by atoms with Crippen molar-refractivity contribution in [3.8, 4) is 34.1 Å². The maximum absolute atomic E-state index is 5.59. The molecule has 2 aromatic carbocycles. The third-order valence-corrected chi connectivity index (χ3v) is 5.47. The first-order valence-electron chi connectivity index (χ1n) is 8.22. The smallest absolute Gasteiger partial charge is 0.175 e. The van der Waals surface area contributed by atoms with Crippen LogP contribution in [0.3, 0.4) is 0 Å². The van der Waals surface area contributed by atoms with Gasteiger partial charge in [0.15, 0.2) is 23.0 Å². The van der Waals surface area contributed by atoms with Crippen molar-refractivity contribution in [1.29, 1.82) is 0 Å². The molecule has 0 saturated carbocycles. The molecule has 0 bridgehead atoms. The largest absolute Gasteiger partial charge is 0.493 e. The van der Waals surface area contributed by atoms with E-state index >= 15 is 0 Å². The molecule has 1 unspecified atom stereocenters. The average Bonchev–Trinajstić information content (AvgIpc) is 2.74. The first-order valence-corrected chi connectivity index (χ1v) is 9.01. The summed E-state index contributed by atoms with van der Waals surface area (Å²) in [5.74, 6) is 3.43. The first-order chi connectivity index (χ1) is 12.0. The monoisotopic (exact) mass is 406 g/mol. The van der Waals surface area contributed by atoms with Gasteiger partial charge < -0.3 is 18.9 Å². The van der Waals surface area contributed by atoms with Crippen LogP contribution in [0.15, 0.2) is 22.7 Å². The number of rotatable bonds is 4. The van der Waals surface area contributed by atoms with Gasteiger partial charge in [0.2, 0.25) is 0 Å². The topological polar surface area (TPSA) is 36.9 Å². The fourth-order valence-electron chi connectivity index (χ4n) is 3.60. The van der Waals surface area contributed by atoms with Crippen molar-refractivity contribution in [2.24, 2.45) is 5.92 Å². The van der Waals surface area contributed by atoms with Crippen LogP contribution in [-0.4, -0.2) is 28.4 Å². The molecule has 4 nitrogen and oxygen atoms in total. The number of fused-ring (bicyclic) bond motifs is 3. The highest BCUT2D eigenvalue weighted by Crippen LogP contribution is 2.49. The van der Waals surface area contributed by atoms with Crippen molar-refractivity contribution < 1.29 is 18.9 Å². The van der Waals surface area contributed by atoms with Crippen LogP contribution in [0.1, 0.15) is 18.1 Å². The highest BCUT2D eigenvalue weighted by atomic mass is 79.9. The minimum absolute atomic E-state index is 0.503. The number of hydrogen-bond acceptors (Lipinski definition) is 4. The summed E-state index contributed by atoms with van der Waals surface area (Å²) in [7, 11) is 6.65. The van der Waals surface area contributed by atoms with Crippen molar-refractivity contribution in [3.05, 3.63) is 33.8 Å². The molecule has 0 saturated heterocycles. The van der Waals surface area contributed by atoms with Gasteiger partial charge in [-0.25, -0.2) is 0 Å². The van der Waals surface area contributed by atoms with E-state index in [-0.39, 0.29) is 0 Å². The van der Waals surface area contributed by atoms with Crippen LogP contribution in [0.5, 0.6) is 23.0 Å². The predicted octanol–water partition coefficient (Wildman–Crippen LogP) is 4.89. The number of halogens is 1. The maximum Gasteiger partial charge on any atom is 0.175 e. The quantitative estimate of drug-likeness (QED) is 0.724. The second-order valence-electron chi connectivity index (χ2n) is 6.34. The molecular weight excluding hydrogens is 384 g/mol. The fourth-order valence-corrected chi connectivity index (χ4v) is 4.42. The van der Waals surface area contributed by atoms with Crippen LogP contribution in [0.2, 0.25) is 0 Å². The molecule has 0 N–H and O–H groups in total. The second kappa shape index (κ2) is 7.16. The zero-order valence-corrected chi connectivity index (χ0v) is 16.8. The van der Waals surface area contributed by atoms with E-state index in [2.05, 4.69) is 41.1 Å². The van der Waals surface area contributed by atoms with Gasteiger partial charge in [-0.2, -0.15) is 0 Å². The Labute approximate surface area is 157 Å². The predicted molar refractivity (Wildman–Crippen MR) is 102 cm³/mol. The van der Waals surface area contributed by atoms with Gasteiger partial charge in [-0.3, -0.25) is 0 Å². The van der Waals surface area contributed by atoms with Crippen LogP contribution >= 0.6 is 15.9 Å². The van der Waals surface area contributed by atoms with Crippen molar-refractivity contribution in [3.63, 3.8) is 0 Å². The minimum atomic E-state index is 0.503. The van der Waals surface area contributed by atoms with Crippen molar-refractivity contribution in [2.75, 3.05) is 28.4 Å². The van der Waals surface area contributed by atoms with Crippen molar-refractivity contribution >= 4 is 15.9 Å². The first kappa shape index (κ1) is 17.9. The lowest BCUT2D eigenvalue weighted by atomic mass is 9.95. The Hall–Kier alpha value is -1.88. The number of hydrogen-bond donors (Lipinski definition) is 0. The lowest BCUT2D eigenvalue weighted by molar-refractivity contribution is 0.352. The Morgan fingerprint density at radius 1 is 0.800 bits per heavy atom. The highest BCUT2D eigenvalue weighted by Gasteiger charge is 2.26. The molecular formula is C20H23BrO4. The third-order valence-electron chi connectivity index (χ3n) is 4.71. The van der Waals surface area contributed by atoms with Gasteiger partial charge in [-0.15, -0.1) is 0 Å². The molecule has 1 aliphatic carbocycles. The Morgan fingerprint density at radius 2 is 1.36 bits per heavy atom. The van der Waals surface area contributed by atoms with E-state index in [4.69, 9.17) is 18.9 Å². The molecule has 0 amide bonds. The maximum atomic E-state index is 5.59. The van der Waals surface area contributed by atoms with Crippen LogP contribution < -0.4 is 18.9 Å². The Kier molecular flexibility index (Phi) is 5.13. The molecule has 0 spiro atoms. The van der Waals surface area contributed by atoms with Crippen LogP contribution in [-0.2, 0) is 12.8 Å². The summed E-state index contributed by atoms with van der Waals surface area (Å²) in [5, 5.41) is 0. The van der Waals surface area contributed by atoms with E-state index in [1.54, 1.807) is 28.4 Å². The lowest BCUT2D eigenvalue weighted by Gasteiger charge is -2.19. The van der Waals surface area contributed by atoms with Crippen LogP contribution in [0, 0.1) is 5.92 Å². The summed E-state index contributed by atoms with van der Waals surface area (Å²) in [4.78, 5) is 0. The molecule has 3 rings (SSSR count). The van der Waals surface area contributed by atoms with Gasteiger partial charge in [0.1, 0.15) is 0 Å². The Bertz CT molecular complexity index is 801. The molecule has 1 atom stereocenters. The SMILES string of the molecule is COc1cc2c(cc1OC)-c1c(cc(OC)c(OC)c1Br)CC(C)C2. The van der Waals surface area contributed by atoms with E-state index < -0.39 is 0 Å². The summed E-state index contributed by atoms with van der Waals surface area (Å²) < 4.78 is 23.1. The van der Waals surface area contributed by atoms with Crippen molar-refractivity contribution in [2.45, 2.75) is 19.8 Å². The van der Waals surface area contributed by atoms with E-state index in [1.807, 2.05) is 0 Å². The molecule has 0 heterocycles. The lowest BCUT2D eigenvalue weighted by Crippen LogP contribution is -2.02. The molecule has 0 radical (unpaired) electrons. The molecule has 134 valence electrons. The number of benzene rings is 2. The van der Waals surface area contributed by atoms with E-state index in [9.17, 15) is 0 Å². The standard InChI is InChI=1S/C20H23BrO4/c1-11-6-12-8-15(22-2)16(23-3)10-14(12)18-13(7-11)9-17(24-4)20(25-5)19(18)21/h8-11H,6-7H2,1-5H3. The number of ether oxygens (including phenoxy) is 4. The molecule has 5 heteroatoms.